The van der Waals surface area contributed by atoms with Gasteiger partial charge in [0, 0.05) is 29.5 Å². The normalized spacial score (nSPS) is 18.5. The van der Waals surface area contributed by atoms with Crippen LogP contribution in [0.5, 0.6) is 5.75 Å². The first kappa shape index (κ1) is 16.9. The molecule has 0 radical (unpaired) electrons. The molecule has 1 saturated heterocycles. The summed E-state index contributed by atoms with van der Waals surface area (Å²) in [6, 6.07) is 5.05. The van der Waals surface area contributed by atoms with E-state index in [4.69, 9.17) is 9.47 Å². The number of benzene rings is 1. The van der Waals surface area contributed by atoms with Gasteiger partial charge in [-0.3, -0.25) is 0 Å². The van der Waals surface area contributed by atoms with Gasteiger partial charge in [-0.25, -0.2) is 9.59 Å². The molecule has 1 N–H and O–H groups in total. The lowest BCUT2D eigenvalue weighted by Gasteiger charge is -2.27. The standard InChI is InChI=1S/C19H19NO5S/c1-24-19(23)14-3-2-6-20(14)15-10-16-13(9-12(15)18(21)22)17-11(4-7-25-16)5-8-26-17/h5,8-10,14H,2-4,6-7H2,1H3,(H,21,22). The molecule has 6 nitrogen and oxygen atoms in total. The first-order valence-electron chi connectivity index (χ1n) is 8.55. The van der Waals surface area contributed by atoms with Crippen LogP contribution >= 0.6 is 11.3 Å². The number of esters is 1. The highest BCUT2D eigenvalue weighted by atomic mass is 32.1. The van der Waals surface area contributed by atoms with Gasteiger partial charge in [0.15, 0.2) is 0 Å². The van der Waals surface area contributed by atoms with E-state index >= 15 is 0 Å². The van der Waals surface area contributed by atoms with Crippen molar-refractivity contribution in [2.45, 2.75) is 25.3 Å². The molecule has 1 aromatic carbocycles. The number of aromatic carboxylic acids is 1. The molecule has 0 saturated carbocycles. The zero-order valence-electron chi connectivity index (χ0n) is 14.4. The maximum absolute atomic E-state index is 12.1. The average molecular weight is 373 g/mol. The minimum Gasteiger partial charge on any atom is -0.492 e. The Kier molecular flexibility index (Phi) is 4.32. The van der Waals surface area contributed by atoms with E-state index in [0.29, 0.717) is 31.0 Å². The van der Waals surface area contributed by atoms with Gasteiger partial charge in [0.2, 0.25) is 0 Å². The van der Waals surface area contributed by atoms with Crippen molar-refractivity contribution in [2.75, 3.05) is 25.2 Å². The number of carbonyl (C=O) groups is 2. The van der Waals surface area contributed by atoms with Crippen LogP contribution in [0.4, 0.5) is 5.69 Å². The molecule has 2 aliphatic heterocycles. The van der Waals surface area contributed by atoms with Gasteiger partial charge < -0.3 is 19.5 Å². The molecule has 1 atom stereocenters. The Morgan fingerprint density at radius 2 is 2.23 bits per heavy atom. The van der Waals surface area contributed by atoms with Crippen LogP contribution in [0.2, 0.25) is 0 Å². The third kappa shape index (κ3) is 2.72. The van der Waals surface area contributed by atoms with E-state index in [1.165, 1.54) is 12.7 Å². The number of carboxylic acids is 1. The molecule has 2 aliphatic rings. The summed E-state index contributed by atoms with van der Waals surface area (Å²) in [5.41, 5.74) is 2.68. The lowest BCUT2D eigenvalue weighted by Crippen LogP contribution is -2.37. The van der Waals surface area contributed by atoms with Crippen LogP contribution in [0.3, 0.4) is 0 Å². The first-order valence-corrected chi connectivity index (χ1v) is 9.43. The van der Waals surface area contributed by atoms with Crippen molar-refractivity contribution in [3.05, 3.63) is 34.7 Å². The van der Waals surface area contributed by atoms with Crippen molar-refractivity contribution in [3.8, 4) is 16.2 Å². The predicted molar refractivity (Wildman–Crippen MR) is 98.3 cm³/mol. The van der Waals surface area contributed by atoms with Crippen molar-refractivity contribution in [1.29, 1.82) is 0 Å². The van der Waals surface area contributed by atoms with Crippen molar-refractivity contribution >= 4 is 29.0 Å². The van der Waals surface area contributed by atoms with Gasteiger partial charge >= 0.3 is 11.9 Å². The third-order valence-electron chi connectivity index (χ3n) is 4.98. The molecule has 136 valence electrons. The Labute approximate surface area is 155 Å². The number of rotatable bonds is 3. The van der Waals surface area contributed by atoms with Crippen LogP contribution in [0.15, 0.2) is 23.6 Å². The molecule has 0 aliphatic carbocycles. The number of hydrogen-bond donors (Lipinski definition) is 1. The minimum atomic E-state index is -1.01. The summed E-state index contributed by atoms with van der Waals surface area (Å²) in [4.78, 5) is 27.0. The van der Waals surface area contributed by atoms with Crippen LogP contribution in [0.25, 0.3) is 10.4 Å². The number of anilines is 1. The molecule has 26 heavy (non-hydrogen) atoms. The van der Waals surface area contributed by atoms with Crippen LogP contribution < -0.4 is 9.64 Å². The fourth-order valence-electron chi connectivity index (χ4n) is 3.75. The fraction of sp³-hybridized carbons (Fsp3) is 0.368. The number of carbonyl (C=O) groups excluding carboxylic acids is 1. The number of hydrogen-bond acceptors (Lipinski definition) is 6. The molecule has 4 rings (SSSR count). The molecule has 2 aromatic rings. The van der Waals surface area contributed by atoms with Crippen molar-refractivity contribution in [2.24, 2.45) is 0 Å². The predicted octanol–water partition coefficient (Wildman–Crippen LogP) is 3.19. The average Bonchev–Trinajstić information content (AvgIpc) is 3.27. The van der Waals surface area contributed by atoms with E-state index in [1.54, 1.807) is 23.5 Å². The fourth-order valence-corrected chi connectivity index (χ4v) is 4.73. The first-order chi connectivity index (χ1) is 12.6. The topological polar surface area (TPSA) is 76.1 Å². The monoisotopic (exact) mass is 373 g/mol. The van der Waals surface area contributed by atoms with E-state index in [2.05, 4.69) is 6.07 Å². The Morgan fingerprint density at radius 3 is 3.00 bits per heavy atom. The van der Waals surface area contributed by atoms with Crippen LogP contribution in [-0.2, 0) is 16.0 Å². The molecule has 1 aromatic heterocycles. The van der Waals surface area contributed by atoms with E-state index in [1.807, 2.05) is 10.3 Å². The molecule has 7 heteroatoms. The van der Waals surface area contributed by atoms with E-state index < -0.39 is 12.0 Å². The number of thiophene rings is 1. The summed E-state index contributed by atoms with van der Waals surface area (Å²) >= 11 is 1.59. The van der Waals surface area contributed by atoms with Crippen molar-refractivity contribution in [1.82, 2.24) is 0 Å². The third-order valence-corrected chi connectivity index (χ3v) is 5.97. The maximum atomic E-state index is 12.1. The molecule has 1 fully saturated rings. The molecular formula is C19H19NO5S. The minimum absolute atomic E-state index is 0.185. The Hall–Kier alpha value is -2.54. The number of fused-ring (bicyclic) bond motifs is 3. The second-order valence-corrected chi connectivity index (χ2v) is 7.33. The van der Waals surface area contributed by atoms with Crippen LogP contribution in [-0.4, -0.2) is 43.3 Å². The largest absolute Gasteiger partial charge is 0.492 e. The summed E-state index contributed by atoms with van der Waals surface area (Å²) < 4.78 is 10.8. The van der Waals surface area contributed by atoms with Gasteiger partial charge in [0.05, 0.1) is 25.0 Å². The molecular weight excluding hydrogens is 354 g/mol. The summed E-state index contributed by atoms with van der Waals surface area (Å²) in [6.45, 7) is 1.16. The quantitative estimate of drug-likeness (QED) is 0.833. The summed E-state index contributed by atoms with van der Waals surface area (Å²) in [5, 5.41) is 11.8. The van der Waals surface area contributed by atoms with Gasteiger partial charge in [-0.15, -0.1) is 11.3 Å². The van der Waals surface area contributed by atoms with Crippen molar-refractivity contribution < 1.29 is 24.2 Å². The lowest BCUT2D eigenvalue weighted by atomic mass is 10.0. The molecule has 1 unspecified atom stereocenters. The Balaban J connectivity index is 1.85. The van der Waals surface area contributed by atoms with E-state index in [0.717, 1.165) is 23.3 Å². The lowest BCUT2D eigenvalue weighted by molar-refractivity contribution is -0.141. The zero-order valence-corrected chi connectivity index (χ0v) is 15.2. The Morgan fingerprint density at radius 1 is 1.38 bits per heavy atom. The van der Waals surface area contributed by atoms with Gasteiger partial charge in [-0.1, -0.05) is 0 Å². The second kappa shape index (κ2) is 6.64. The van der Waals surface area contributed by atoms with Gasteiger partial charge in [0.25, 0.3) is 0 Å². The summed E-state index contributed by atoms with van der Waals surface area (Å²) in [5.74, 6) is -0.683. The number of nitrogens with zero attached hydrogens (tertiary/aromatic N) is 1. The number of carboxylic acid groups (broad SMARTS) is 1. The van der Waals surface area contributed by atoms with Crippen molar-refractivity contribution in [3.63, 3.8) is 0 Å². The maximum Gasteiger partial charge on any atom is 0.337 e. The van der Waals surface area contributed by atoms with Gasteiger partial charge in [-0.2, -0.15) is 0 Å². The molecule has 0 spiro atoms. The van der Waals surface area contributed by atoms with Gasteiger partial charge in [-0.05, 0) is 35.9 Å². The SMILES string of the molecule is COC(=O)C1CCCN1c1cc2c(cc1C(=O)O)-c1sccc1CCO2. The number of methoxy groups -OCH3 is 1. The summed E-state index contributed by atoms with van der Waals surface area (Å²) in [6.07, 6.45) is 2.25. The smallest absolute Gasteiger partial charge is 0.337 e. The molecule has 3 heterocycles. The number of ether oxygens (including phenoxy) is 2. The second-order valence-electron chi connectivity index (χ2n) is 6.42. The van der Waals surface area contributed by atoms with Crippen LogP contribution in [0.1, 0.15) is 28.8 Å². The summed E-state index contributed by atoms with van der Waals surface area (Å²) in [7, 11) is 1.36. The Bertz CT molecular complexity index is 875. The molecule has 0 amide bonds. The van der Waals surface area contributed by atoms with Gasteiger partial charge in [0.1, 0.15) is 11.8 Å². The zero-order chi connectivity index (χ0) is 18.3. The van der Waals surface area contributed by atoms with E-state index in [-0.39, 0.29) is 11.5 Å². The van der Waals surface area contributed by atoms with Crippen LogP contribution in [0, 0.1) is 0 Å². The molecule has 0 bridgehead atoms. The van der Waals surface area contributed by atoms with E-state index in [9.17, 15) is 14.7 Å². The highest BCUT2D eigenvalue weighted by Crippen LogP contribution is 2.43. The highest BCUT2D eigenvalue weighted by Gasteiger charge is 2.35. The highest BCUT2D eigenvalue weighted by molar-refractivity contribution is 7.13.